The molecule has 0 spiro atoms. The molecule has 1 nitrogen and oxygen atoms in total. The van der Waals surface area contributed by atoms with Crippen molar-refractivity contribution in [1.29, 1.82) is 0 Å². The first-order chi connectivity index (χ1) is 10.8. The zero-order valence-corrected chi connectivity index (χ0v) is 17.6. The van der Waals surface area contributed by atoms with E-state index >= 15 is 0 Å². The number of hydrogen-bond acceptors (Lipinski definition) is 1. The van der Waals surface area contributed by atoms with Gasteiger partial charge < -0.3 is 0 Å². The van der Waals surface area contributed by atoms with Crippen LogP contribution in [0.2, 0.25) is 0 Å². The SMILES string of the molecule is CCCC(C)[C@@H](CC(=O)C(C)I(C)C)Cc1cc(C)ccc1F. The number of halogens is 2. The Morgan fingerprint density at radius 3 is 2.48 bits per heavy atom. The Kier molecular flexibility index (Phi) is 8.73. The van der Waals surface area contributed by atoms with Crippen LogP contribution in [0.4, 0.5) is 4.39 Å². The number of carbonyl (C=O) groups excluding carboxylic acids is 1. The third-order valence-corrected chi connectivity index (χ3v) is 9.23. The van der Waals surface area contributed by atoms with Crippen molar-refractivity contribution >= 4 is 25.6 Å². The number of aryl methyl sites for hydroxylation is 1. The van der Waals surface area contributed by atoms with Gasteiger partial charge in [-0.1, -0.05) is 0 Å². The topological polar surface area (TPSA) is 17.1 Å². The summed E-state index contributed by atoms with van der Waals surface area (Å²) >= 11 is -1.12. The van der Waals surface area contributed by atoms with Gasteiger partial charge >= 0.3 is 149 Å². The number of carbonyl (C=O) groups is 1. The summed E-state index contributed by atoms with van der Waals surface area (Å²) in [5.74, 6) is 0.953. The second kappa shape index (κ2) is 9.75. The number of alkyl halides is 3. The van der Waals surface area contributed by atoms with Gasteiger partial charge in [-0.25, -0.2) is 0 Å². The first-order valence-corrected chi connectivity index (χ1v) is 14.1. The van der Waals surface area contributed by atoms with Gasteiger partial charge in [-0.15, -0.1) is 0 Å². The summed E-state index contributed by atoms with van der Waals surface area (Å²) in [6.45, 7) is 8.47. The molecular formula is C20H32FIO. The molecule has 1 rings (SSSR count). The first-order valence-electron chi connectivity index (χ1n) is 8.52. The van der Waals surface area contributed by atoms with Gasteiger partial charge in [0.05, 0.1) is 0 Å². The van der Waals surface area contributed by atoms with E-state index in [0.717, 1.165) is 24.0 Å². The molecule has 1 aromatic carbocycles. The average Bonchev–Trinajstić information content (AvgIpc) is 2.49. The summed E-state index contributed by atoms with van der Waals surface area (Å²) in [4.78, 5) is 17.1. The maximum atomic E-state index is 14.1. The number of Topliss-reactive ketones (excluding diaryl/α,β-unsaturated/α-hetero) is 1. The molecule has 0 aliphatic heterocycles. The predicted molar refractivity (Wildman–Crippen MR) is 107 cm³/mol. The van der Waals surface area contributed by atoms with E-state index in [1.54, 1.807) is 6.07 Å². The standard InChI is InChI=1S/C20H32FIO/c1-7-8-15(3)17(13-20(23)16(4)22(5)6)12-18-11-14(2)9-10-19(18)21/h9-11,15-17H,7-8,12-13H2,1-6H3/t15?,16?,17-/m1/s1. The van der Waals surface area contributed by atoms with Crippen LogP contribution < -0.4 is 0 Å². The second-order valence-corrected chi connectivity index (χ2v) is 13.4. The molecular weight excluding hydrogens is 402 g/mol. The number of benzene rings is 1. The third kappa shape index (κ3) is 6.52. The first kappa shape index (κ1) is 20.6. The van der Waals surface area contributed by atoms with Crippen molar-refractivity contribution in [3.8, 4) is 0 Å². The maximum absolute atomic E-state index is 14.1. The zero-order chi connectivity index (χ0) is 17.6. The summed E-state index contributed by atoms with van der Waals surface area (Å²) in [6, 6.07) is 5.30. The van der Waals surface area contributed by atoms with E-state index in [4.69, 9.17) is 0 Å². The molecule has 0 N–H and O–H groups in total. The van der Waals surface area contributed by atoms with Crippen LogP contribution in [0.25, 0.3) is 0 Å². The average molecular weight is 434 g/mol. The van der Waals surface area contributed by atoms with Crippen molar-refractivity contribution in [2.45, 2.75) is 57.3 Å². The monoisotopic (exact) mass is 434 g/mol. The molecule has 1 aromatic rings. The summed E-state index contributed by atoms with van der Waals surface area (Å²) < 4.78 is 14.4. The fourth-order valence-electron chi connectivity index (χ4n) is 2.97. The van der Waals surface area contributed by atoms with E-state index in [-0.39, 0.29) is 15.7 Å². The van der Waals surface area contributed by atoms with Gasteiger partial charge in [-0.2, -0.15) is 0 Å². The van der Waals surface area contributed by atoms with Crippen molar-refractivity contribution in [3.05, 3.63) is 35.1 Å². The van der Waals surface area contributed by atoms with Gasteiger partial charge in [0.2, 0.25) is 0 Å². The molecule has 0 aromatic heterocycles. The van der Waals surface area contributed by atoms with Gasteiger partial charge in [0.1, 0.15) is 0 Å². The molecule has 23 heavy (non-hydrogen) atoms. The van der Waals surface area contributed by atoms with E-state index in [1.165, 1.54) is 0 Å². The molecule has 0 saturated carbocycles. The second-order valence-electron chi connectivity index (χ2n) is 6.93. The summed E-state index contributed by atoms with van der Waals surface area (Å²) in [5, 5.41) is 0. The van der Waals surface area contributed by atoms with E-state index < -0.39 is 19.8 Å². The van der Waals surface area contributed by atoms with Crippen LogP contribution in [0.5, 0.6) is 0 Å². The Morgan fingerprint density at radius 1 is 1.26 bits per heavy atom. The van der Waals surface area contributed by atoms with E-state index in [0.29, 0.717) is 24.5 Å². The molecule has 0 bridgehead atoms. The van der Waals surface area contributed by atoms with Crippen molar-refractivity contribution in [2.75, 3.05) is 9.86 Å². The summed E-state index contributed by atoms with van der Waals surface area (Å²) in [7, 11) is 0. The van der Waals surface area contributed by atoms with Crippen LogP contribution in [0.15, 0.2) is 18.2 Å². The van der Waals surface area contributed by atoms with Gasteiger partial charge in [-0.3, -0.25) is 0 Å². The molecule has 0 heterocycles. The quantitative estimate of drug-likeness (QED) is 0.352. The molecule has 2 unspecified atom stereocenters. The van der Waals surface area contributed by atoms with E-state index in [9.17, 15) is 9.18 Å². The van der Waals surface area contributed by atoms with Crippen LogP contribution in [0.3, 0.4) is 0 Å². The molecule has 3 atom stereocenters. The molecule has 0 fully saturated rings. The molecule has 132 valence electrons. The van der Waals surface area contributed by atoms with Gasteiger partial charge in [0.25, 0.3) is 0 Å². The third-order valence-electron chi connectivity index (χ3n) is 4.79. The minimum absolute atomic E-state index is 0.135. The molecule has 0 aliphatic carbocycles. The zero-order valence-electron chi connectivity index (χ0n) is 15.5. The Bertz CT molecular complexity index is 512. The van der Waals surface area contributed by atoms with Gasteiger partial charge in [-0.05, 0) is 0 Å². The fraction of sp³-hybridized carbons (Fsp3) is 0.650. The van der Waals surface area contributed by atoms with Crippen LogP contribution in [0, 0.1) is 24.6 Å². The Morgan fingerprint density at radius 2 is 1.91 bits per heavy atom. The van der Waals surface area contributed by atoms with Crippen molar-refractivity contribution in [2.24, 2.45) is 11.8 Å². The Hall–Kier alpha value is -0.450. The summed E-state index contributed by atoms with van der Waals surface area (Å²) in [5.41, 5.74) is 1.85. The number of hydrogen-bond donors (Lipinski definition) is 0. The molecule has 0 saturated heterocycles. The molecule has 0 amide bonds. The van der Waals surface area contributed by atoms with Crippen molar-refractivity contribution in [3.63, 3.8) is 0 Å². The molecule has 0 radical (unpaired) electrons. The molecule has 3 heteroatoms. The van der Waals surface area contributed by atoms with Crippen LogP contribution in [-0.2, 0) is 11.2 Å². The van der Waals surface area contributed by atoms with Crippen LogP contribution in [-0.4, -0.2) is 19.6 Å². The minimum atomic E-state index is -1.12. The Labute approximate surface area is 148 Å². The van der Waals surface area contributed by atoms with Crippen LogP contribution >= 0.6 is 19.8 Å². The van der Waals surface area contributed by atoms with Crippen molar-refractivity contribution in [1.82, 2.24) is 0 Å². The normalized spacial score (nSPS) is 15.9. The molecule has 0 aliphatic rings. The predicted octanol–water partition coefficient (Wildman–Crippen LogP) is 5.84. The number of rotatable bonds is 9. The van der Waals surface area contributed by atoms with Gasteiger partial charge in [0, 0.05) is 0 Å². The summed E-state index contributed by atoms with van der Waals surface area (Å²) in [6.07, 6.45) is 3.48. The number of ketones is 1. The van der Waals surface area contributed by atoms with E-state index in [2.05, 4.69) is 30.6 Å². The van der Waals surface area contributed by atoms with Crippen LogP contribution in [0.1, 0.15) is 51.2 Å². The Balaban J connectivity index is 2.92. The van der Waals surface area contributed by atoms with Gasteiger partial charge in [0.15, 0.2) is 0 Å². The fourth-order valence-corrected chi connectivity index (χ4v) is 4.62. The van der Waals surface area contributed by atoms with E-state index in [1.807, 2.05) is 19.1 Å². The van der Waals surface area contributed by atoms with Crippen molar-refractivity contribution < 1.29 is 9.18 Å².